The lowest BCUT2D eigenvalue weighted by Crippen LogP contribution is -2.30. The van der Waals surface area contributed by atoms with Crippen molar-refractivity contribution in [2.45, 2.75) is 90.7 Å². The van der Waals surface area contributed by atoms with Gasteiger partial charge in [-0.15, -0.1) is 0 Å². The Morgan fingerprint density at radius 3 is 2.45 bits per heavy atom. The summed E-state index contributed by atoms with van der Waals surface area (Å²) >= 11 is 0. The Balaban J connectivity index is 2.28. The Labute approximate surface area is 135 Å². The van der Waals surface area contributed by atoms with E-state index in [2.05, 4.69) is 18.7 Å². The third-order valence-corrected chi connectivity index (χ3v) is 4.49. The van der Waals surface area contributed by atoms with Gasteiger partial charge in [0.1, 0.15) is 11.9 Å². The van der Waals surface area contributed by atoms with Gasteiger partial charge in [-0.25, -0.2) is 0 Å². The van der Waals surface area contributed by atoms with Crippen LogP contribution in [-0.2, 0) is 14.3 Å². The number of nitrogens with zero attached hydrogens (tertiary/aromatic N) is 1. The zero-order chi connectivity index (χ0) is 16.4. The van der Waals surface area contributed by atoms with Gasteiger partial charge in [-0.1, -0.05) is 39.5 Å². The van der Waals surface area contributed by atoms with Crippen LogP contribution in [0.5, 0.6) is 0 Å². The normalized spacial score (nSPS) is 22.0. The number of carbonyl (C=O) groups excluding carboxylic acids is 2. The van der Waals surface area contributed by atoms with Crippen LogP contribution in [0.2, 0.25) is 0 Å². The number of Topliss-reactive ketones (excluding diaryl/α,β-unsaturated/α-hetero) is 1. The van der Waals surface area contributed by atoms with E-state index in [1.54, 1.807) is 0 Å². The summed E-state index contributed by atoms with van der Waals surface area (Å²) in [5.41, 5.74) is 0. The SMILES string of the molecule is CCCCCCCN1C[C@@H](OC(=O)CCC(C)=O)C[C@H]1CC. The molecule has 1 aliphatic rings. The molecule has 1 heterocycles. The first-order chi connectivity index (χ1) is 10.6. The van der Waals surface area contributed by atoms with E-state index in [1.165, 1.54) is 39.0 Å². The van der Waals surface area contributed by atoms with Gasteiger partial charge in [0.15, 0.2) is 0 Å². The molecule has 1 fully saturated rings. The fourth-order valence-corrected chi connectivity index (χ4v) is 3.16. The summed E-state index contributed by atoms with van der Waals surface area (Å²) in [5, 5.41) is 0. The van der Waals surface area contributed by atoms with Gasteiger partial charge in [0, 0.05) is 25.4 Å². The van der Waals surface area contributed by atoms with Crippen LogP contribution in [0.15, 0.2) is 0 Å². The highest BCUT2D eigenvalue weighted by atomic mass is 16.5. The van der Waals surface area contributed by atoms with Crippen molar-refractivity contribution in [2.75, 3.05) is 13.1 Å². The maximum Gasteiger partial charge on any atom is 0.306 e. The van der Waals surface area contributed by atoms with Gasteiger partial charge in [0.25, 0.3) is 0 Å². The number of carbonyl (C=O) groups is 2. The Hall–Kier alpha value is -0.900. The summed E-state index contributed by atoms with van der Waals surface area (Å²) < 4.78 is 5.54. The van der Waals surface area contributed by atoms with Gasteiger partial charge in [0.2, 0.25) is 0 Å². The van der Waals surface area contributed by atoms with Gasteiger partial charge in [-0.3, -0.25) is 9.69 Å². The van der Waals surface area contributed by atoms with Crippen LogP contribution in [-0.4, -0.2) is 41.9 Å². The summed E-state index contributed by atoms with van der Waals surface area (Å²) in [7, 11) is 0. The number of hydrogen-bond donors (Lipinski definition) is 0. The molecule has 1 saturated heterocycles. The molecule has 1 rings (SSSR count). The Morgan fingerprint density at radius 1 is 1.09 bits per heavy atom. The smallest absolute Gasteiger partial charge is 0.306 e. The molecule has 0 radical (unpaired) electrons. The number of ketones is 1. The molecule has 0 N–H and O–H groups in total. The maximum atomic E-state index is 11.7. The predicted molar refractivity (Wildman–Crippen MR) is 88.8 cm³/mol. The first-order valence-corrected chi connectivity index (χ1v) is 8.99. The van der Waals surface area contributed by atoms with Crippen LogP contribution >= 0.6 is 0 Å². The molecular formula is C18H33NO3. The van der Waals surface area contributed by atoms with Gasteiger partial charge in [-0.05, 0) is 26.3 Å². The molecule has 1 aliphatic heterocycles. The quantitative estimate of drug-likeness (QED) is 0.431. The zero-order valence-corrected chi connectivity index (χ0v) is 14.6. The fourth-order valence-electron chi connectivity index (χ4n) is 3.16. The molecule has 22 heavy (non-hydrogen) atoms. The molecule has 128 valence electrons. The summed E-state index contributed by atoms with van der Waals surface area (Å²) in [6.07, 6.45) is 9.04. The average molecular weight is 311 g/mol. The van der Waals surface area contributed by atoms with Crippen LogP contribution in [0.4, 0.5) is 0 Å². The highest BCUT2D eigenvalue weighted by Crippen LogP contribution is 2.24. The molecule has 0 spiro atoms. The van der Waals surface area contributed by atoms with E-state index in [4.69, 9.17) is 4.74 Å². The largest absolute Gasteiger partial charge is 0.461 e. The number of ether oxygens (including phenoxy) is 1. The third-order valence-electron chi connectivity index (χ3n) is 4.49. The highest BCUT2D eigenvalue weighted by Gasteiger charge is 2.32. The van der Waals surface area contributed by atoms with Crippen LogP contribution < -0.4 is 0 Å². The first-order valence-electron chi connectivity index (χ1n) is 8.99. The van der Waals surface area contributed by atoms with Crippen molar-refractivity contribution in [2.24, 2.45) is 0 Å². The second-order valence-electron chi connectivity index (χ2n) is 6.52. The van der Waals surface area contributed by atoms with E-state index in [0.717, 1.165) is 25.9 Å². The summed E-state index contributed by atoms with van der Waals surface area (Å²) in [4.78, 5) is 25.1. The zero-order valence-electron chi connectivity index (χ0n) is 14.6. The van der Waals surface area contributed by atoms with E-state index in [1.807, 2.05) is 0 Å². The number of unbranched alkanes of at least 4 members (excludes halogenated alkanes) is 4. The van der Waals surface area contributed by atoms with Crippen molar-refractivity contribution in [1.82, 2.24) is 4.90 Å². The lowest BCUT2D eigenvalue weighted by molar-refractivity contribution is -0.149. The van der Waals surface area contributed by atoms with Gasteiger partial charge < -0.3 is 9.53 Å². The standard InChI is InChI=1S/C18H33NO3/c1-4-6-7-8-9-12-19-14-17(13-16(19)5-2)22-18(21)11-10-15(3)20/h16-17H,4-14H2,1-3H3/t16-,17+/m1/s1. The van der Waals surface area contributed by atoms with E-state index < -0.39 is 0 Å². The highest BCUT2D eigenvalue weighted by molar-refractivity contribution is 5.81. The van der Waals surface area contributed by atoms with Gasteiger partial charge >= 0.3 is 5.97 Å². The lowest BCUT2D eigenvalue weighted by Gasteiger charge is -2.22. The Kier molecular flexibility index (Phi) is 9.37. The number of rotatable bonds is 11. The third kappa shape index (κ3) is 7.39. The maximum absolute atomic E-state index is 11.7. The predicted octanol–water partition coefficient (Wildman–Crippen LogP) is 3.72. The molecule has 0 aliphatic carbocycles. The molecule has 0 amide bonds. The second kappa shape index (κ2) is 10.8. The molecule has 0 aromatic rings. The first kappa shape index (κ1) is 19.1. The molecule has 0 bridgehead atoms. The van der Waals surface area contributed by atoms with Crippen LogP contribution in [0.25, 0.3) is 0 Å². The second-order valence-corrected chi connectivity index (χ2v) is 6.52. The van der Waals surface area contributed by atoms with Crippen molar-refractivity contribution in [1.29, 1.82) is 0 Å². The van der Waals surface area contributed by atoms with E-state index >= 15 is 0 Å². The Bertz CT molecular complexity index is 343. The van der Waals surface area contributed by atoms with E-state index in [-0.39, 0.29) is 24.3 Å². The lowest BCUT2D eigenvalue weighted by atomic mass is 10.1. The van der Waals surface area contributed by atoms with E-state index in [0.29, 0.717) is 12.5 Å². The number of esters is 1. The minimum Gasteiger partial charge on any atom is -0.461 e. The molecule has 0 saturated carbocycles. The molecule has 2 atom stereocenters. The van der Waals surface area contributed by atoms with Crippen LogP contribution in [0.3, 0.4) is 0 Å². The van der Waals surface area contributed by atoms with Crippen LogP contribution in [0, 0.1) is 0 Å². The average Bonchev–Trinajstić information content (AvgIpc) is 2.86. The Morgan fingerprint density at radius 2 is 1.82 bits per heavy atom. The van der Waals surface area contributed by atoms with Crippen LogP contribution in [0.1, 0.15) is 78.6 Å². The number of likely N-dealkylation sites (tertiary alicyclic amines) is 1. The topological polar surface area (TPSA) is 46.6 Å². The van der Waals surface area contributed by atoms with Crippen molar-refractivity contribution < 1.29 is 14.3 Å². The minimum absolute atomic E-state index is 0.0139. The van der Waals surface area contributed by atoms with Crippen molar-refractivity contribution in [3.05, 3.63) is 0 Å². The molecule has 4 nitrogen and oxygen atoms in total. The molecule has 0 unspecified atom stereocenters. The number of hydrogen-bond acceptors (Lipinski definition) is 4. The molecule has 4 heteroatoms. The summed E-state index contributed by atoms with van der Waals surface area (Å²) in [6.45, 7) is 7.92. The summed E-state index contributed by atoms with van der Waals surface area (Å²) in [5.74, 6) is -0.177. The van der Waals surface area contributed by atoms with Gasteiger partial charge in [-0.2, -0.15) is 0 Å². The van der Waals surface area contributed by atoms with E-state index in [9.17, 15) is 9.59 Å². The minimum atomic E-state index is -0.222. The molecular weight excluding hydrogens is 278 g/mol. The van der Waals surface area contributed by atoms with Crippen molar-refractivity contribution >= 4 is 11.8 Å². The van der Waals surface area contributed by atoms with Crippen molar-refractivity contribution in [3.8, 4) is 0 Å². The molecule has 0 aromatic heterocycles. The fraction of sp³-hybridized carbons (Fsp3) is 0.889. The van der Waals surface area contributed by atoms with Crippen molar-refractivity contribution in [3.63, 3.8) is 0 Å². The van der Waals surface area contributed by atoms with Gasteiger partial charge in [0.05, 0.1) is 6.42 Å². The monoisotopic (exact) mass is 311 g/mol. The summed E-state index contributed by atoms with van der Waals surface area (Å²) in [6, 6.07) is 0.539. The molecule has 0 aromatic carbocycles.